The van der Waals surface area contributed by atoms with Gasteiger partial charge in [-0.05, 0) is 30.3 Å². The van der Waals surface area contributed by atoms with E-state index < -0.39 is 0 Å². The SMILES string of the molecule is O=C1NC(=S)S/C1=C/c1cc2cncc(C#Cc3ccc(Cl)cc3)c2o1. The van der Waals surface area contributed by atoms with Crippen molar-refractivity contribution in [2.45, 2.75) is 0 Å². The lowest BCUT2D eigenvalue weighted by Gasteiger charge is -1.93. The summed E-state index contributed by atoms with van der Waals surface area (Å²) in [6.07, 6.45) is 5.01. The number of thiocarbonyl (C=S) groups is 1. The lowest BCUT2D eigenvalue weighted by molar-refractivity contribution is -0.115. The van der Waals surface area contributed by atoms with Gasteiger partial charge in [0.1, 0.15) is 10.1 Å². The molecule has 7 heteroatoms. The Morgan fingerprint density at radius 3 is 2.77 bits per heavy atom. The van der Waals surface area contributed by atoms with Crippen LogP contribution in [0.1, 0.15) is 16.9 Å². The van der Waals surface area contributed by atoms with Crippen molar-refractivity contribution in [3.05, 3.63) is 69.5 Å². The Morgan fingerprint density at radius 2 is 2.04 bits per heavy atom. The Balaban J connectivity index is 1.70. The molecule has 1 N–H and O–H groups in total. The van der Waals surface area contributed by atoms with Crippen LogP contribution in [0.5, 0.6) is 0 Å². The number of hydrogen-bond donors (Lipinski definition) is 1. The first-order chi connectivity index (χ1) is 12.6. The fraction of sp³-hybridized carbons (Fsp3) is 0. The number of pyridine rings is 1. The van der Waals surface area contributed by atoms with Crippen LogP contribution in [-0.2, 0) is 4.79 Å². The van der Waals surface area contributed by atoms with Gasteiger partial charge in [-0.3, -0.25) is 9.78 Å². The zero-order chi connectivity index (χ0) is 18.1. The lowest BCUT2D eigenvalue weighted by Crippen LogP contribution is -2.17. The van der Waals surface area contributed by atoms with Gasteiger partial charge in [0, 0.05) is 34.4 Å². The third-order valence-corrected chi connectivity index (χ3v) is 4.96. The van der Waals surface area contributed by atoms with Crippen molar-refractivity contribution in [3.63, 3.8) is 0 Å². The first-order valence-electron chi connectivity index (χ1n) is 7.48. The number of nitrogens with one attached hydrogen (secondary N) is 1. The van der Waals surface area contributed by atoms with Crippen LogP contribution in [0, 0.1) is 11.8 Å². The van der Waals surface area contributed by atoms with Crippen molar-refractivity contribution in [2.24, 2.45) is 0 Å². The number of carbonyl (C=O) groups is 1. The van der Waals surface area contributed by atoms with Gasteiger partial charge >= 0.3 is 0 Å². The van der Waals surface area contributed by atoms with Gasteiger partial charge in [0.05, 0.1) is 10.5 Å². The number of thioether (sulfide) groups is 1. The number of aromatic nitrogens is 1. The second kappa shape index (κ2) is 6.96. The van der Waals surface area contributed by atoms with E-state index in [0.717, 1.165) is 10.9 Å². The molecule has 4 nitrogen and oxygen atoms in total. The smallest absolute Gasteiger partial charge is 0.263 e. The Bertz CT molecular complexity index is 1140. The minimum absolute atomic E-state index is 0.221. The molecule has 126 valence electrons. The molecule has 0 bridgehead atoms. The number of amides is 1. The predicted molar refractivity (Wildman–Crippen MR) is 108 cm³/mol. The fourth-order valence-corrected chi connectivity index (χ4v) is 3.52. The van der Waals surface area contributed by atoms with Crippen molar-refractivity contribution in [1.29, 1.82) is 0 Å². The second-order valence-electron chi connectivity index (χ2n) is 5.36. The minimum atomic E-state index is -0.221. The van der Waals surface area contributed by atoms with Crippen LogP contribution < -0.4 is 5.32 Å². The van der Waals surface area contributed by atoms with Gasteiger partial charge < -0.3 is 9.73 Å². The van der Waals surface area contributed by atoms with Crippen LogP contribution in [0.4, 0.5) is 0 Å². The van der Waals surface area contributed by atoms with Crippen molar-refractivity contribution >= 4 is 62.9 Å². The zero-order valence-electron chi connectivity index (χ0n) is 13.1. The molecule has 1 amide bonds. The summed E-state index contributed by atoms with van der Waals surface area (Å²) in [5.41, 5.74) is 2.13. The van der Waals surface area contributed by atoms with Crippen molar-refractivity contribution in [2.75, 3.05) is 0 Å². The Hall–Kier alpha value is -2.59. The van der Waals surface area contributed by atoms with E-state index in [-0.39, 0.29) is 5.91 Å². The fourth-order valence-electron chi connectivity index (χ4n) is 2.37. The molecule has 4 rings (SSSR count). The maximum absolute atomic E-state index is 11.8. The van der Waals surface area contributed by atoms with Gasteiger partial charge in [-0.2, -0.15) is 0 Å². The molecular formula is C19H9ClN2O2S2. The highest BCUT2D eigenvalue weighted by Crippen LogP contribution is 2.29. The number of benzene rings is 1. The summed E-state index contributed by atoms with van der Waals surface area (Å²) in [5, 5.41) is 4.05. The standard InChI is InChI=1S/C19H9ClN2O2S2/c20-14-5-2-11(3-6-14)1-4-12-9-21-10-13-7-15(24-17(12)13)8-16-18(23)22-19(25)26-16/h2-3,5-10H,(H,22,23,25)/b16-8+. The molecule has 1 aliphatic heterocycles. The number of fused-ring (bicyclic) bond motifs is 1. The van der Waals surface area contributed by atoms with E-state index in [1.165, 1.54) is 11.8 Å². The van der Waals surface area contributed by atoms with Crippen LogP contribution in [0.2, 0.25) is 5.02 Å². The van der Waals surface area contributed by atoms with Gasteiger partial charge in [-0.15, -0.1) is 0 Å². The molecule has 0 unspecified atom stereocenters. The number of halogens is 1. The minimum Gasteiger partial charge on any atom is -0.455 e. The summed E-state index contributed by atoms with van der Waals surface area (Å²) in [7, 11) is 0. The molecule has 3 aromatic rings. The van der Waals surface area contributed by atoms with Crippen LogP contribution in [-0.4, -0.2) is 15.2 Å². The molecule has 0 saturated carbocycles. The summed E-state index contributed by atoms with van der Waals surface area (Å²) in [5.74, 6) is 6.46. The average molecular weight is 397 g/mol. The molecule has 0 atom stereocenters. The molecule has 1 aliphatic rings. The number of rotatable bonds is 1. The Kier molecular flexibility index (Phi) is 4.51. The van der Waals surface area contributed by atoms with Gasteiger partial charge in [-0.25, -0.2) is 0 Å². The highest BCUT2D eigenvalue weighted by Gasteiger charge is 2.22. The van der Waals surface area contributed by atoms with E-state index in [9.17, 15) is 4.79 Å². The molecule has 1 aromatic carbocycles. The van der Waals surface area contributed by atoms with E-state index in [0.29, 0.717) is 31.2 Å². The van der Waals surface area contributed by atoms with E-state index in [1.54, 1.807) is 30.6 Å². The molecule has 0 spiro atoms. The summed E-state index contributed by atoms with van der Waals surface area (Å²) in [4.78, 5) is 16.5. The number of nitrogens with zero attached hydrogens (tertiary/aromatic N) is 1. The summed E-state index contributed by atoms with van der Waals surface area (Å²) in [6.45, 7) is 0. The van der Waals surface area contributed by atoms with E-state index in [2.05, 4.69) is 22.1 Å². The summed E-state index contributed by atoms with van der Waals surface area (Å²) in [6, 6.07) is 9.09. The predicted octanol–water partition coefficient (Wildman–Crippen LogP) is 4.37. The maximum Gasteiger partial charge on any atom is 0.263 e. The number of carbonyl (C=O) groups excluding carboxylic acids is 1. The van der Waals surface area contributed by atoms with E-state index in [4.69, 9.17) is 28.2 Å². The number of hydrogen-bond acceptors (Lipinski definition) is 5. The molecule has 0 radical (unpaired) electrons. The molecule has 3 heterocycles. The monoisotopic (exact) mass is 396 g/mol. The molecule has 0 aliphatic carbocycles. The number of furan rings is 1. The molecular weight excluding hydrogens is 388 g/mol. The van der Waals surface area contributed by atoms with Gasteiger partial charge in [0.25, 0.3) is 5.91 Å². The Labute approximate surface area is 163 Å². The quantitative estimate of drug-likeness (QED) is 0.376. The third kappa shape index (κ3) is 3.51. The van der Waals surface area contributed by atoms with Gasteiger partial charge in [-0.1, -0.05) is 47.4 Å². The topological polar surface area (TPSA) is 55.1 Å². The average Bonchev–Trinajstić information content (AvgIpc) is 3.17. The first-order valence-corrected chi connectivity index (χ1v) is 9.09. The zero-order valence-corrected chi connectivity index (χ0v) is 15.5. The largest absolute Gasteiger partial charge is 0.455 e. The first kappa shape index (κ1) is 16.9. The van der Waals surface area contributed by atoms with Crippen LogP contribution in [0.15, 0.2) is 52.0 Å². The van der Waals surface area contributed by atoms with Crippen molar-refractivity contribution in [3.8, 4) is 11.8 Å². The second-order valence-corrected chi connectivity index (χ2v) is 7.52. The van der Waals surface area contributed by atoms with Crippen LogP contribution in [0.25, 0.3) is 17.0 Å². The van der Waals surface area contributed by atoms with E-state index >= 15 is 0 Å². The van der Waals surface area contributed by atoms with Crippen LogP contribution >= 0.6 is 35.6 Å². The molecule has 26 heavy (non-hydrogen) atoms. The lowest BCUT2D eigenvalue weighted by atomic mass is 10.2. The summed E-state index contributed by atoms with van der Waals surface area (Å²) < 4.78 is 6.31. The highest BCUT2D eigenvalue weighted by atomic mass is 35.5. The normalized spacial score (nSPS) is 15.2. The molecule has 1 saturated heterocycles. The van der Waals surface area contributed by atoms with Crippen molar-refractivity contribution in [1.82, 2.24) is 10.3 Å². The molecule has 2 aromatic heterocycles. The maximum atomic E-state index is 11.8. The summed E-state index contributed by atoms with van der Waals surface area (Å²) >= 11 is 12.1. The van der Waals surface area contributed by atoms with Crippen LogP contribution in [0.3, 0.4) is 0 Å². The van der Waals surface area contributed by atoms with E-state index in [1.807, 2.05) is 18.2 Å². The molecule has 1 fully saturated rings. The van der Waals surface area contributed by atoms with Gasteiger partial charge in [0.15, 0.2) is 5.58 Å². The van der Waals surface area contributed by atoms with Gasteiger partial charge in [0.2, 0.25) is 0 Å². The highest BCUT2D eigenvalue weighted by molar-refractivity contribution is 8.26. The van der Waals surface area contributed by atoms with Crippen molar-refractivity contribution < 1.29 is 9.21 Å². The Morgan fingerprint density at radius 1 is 1.23 bits per heavy atom. The third-order valence-electron chi connectivity index (χ3n) is 3.54.